The van der Waals surface area contributed by atoms with Crippen LogP contribution in [0.1, 0.15) is 17.0 Å². The molecule has 33 heavy (non-hydrogen) atoms. The lowest BCUT2D eigenvalue weighted by atomic mass is 10.2. The van der Waals surface area contributed by atoms with Gasteiger partial charge in [-0.1, -0.05) is 41.6 Å². The molecule has 0 radical (unpaired) electrons. The summed E-state index contributed by atoms with van der Waals surface area (Å²) in [5.74, 6) is -0.0751. The van der Waals surface area contributed by atoms with Crippen molar-refractivity contribution in [1.82, 2.24) is 15.4 Å². The van der Waals surface area contributed by atoms with E-state index >= 15 is 0 Å². The standard InChI is InChI=1S/C23H22ClN5O3S/c1-15-10-16(2)27-23(26-15)33-14-22(31)29-25-12-17-8-9-20(19(24)11-17)32-13-21(30)28-18-6-4-3-5-7-18/h3-12H,13-14H2,1-2H3,(H,28,30)(H,29,31)/b25-12-. The number of amides is 2. The first-order chi connectivity index (χ1) is 15.9. The predicted molar refractivity (Wildman–Crippen MR) is 130 cm³/mol. The van der Waals surface area contributed by atoms with E-state index in [0.29, 0.717) is 27.2 Å². The minimum Gasteiger partial charge on any atom is -0.482 e. The summed E-state index contributed by atoms with van der Waals surface area (Å²) in [6.07, 6.45) is 1.47. The third kappa shape index (κ3) is 8.21. The molecule has 1 aromatic heterocycles. The van der Waals surface area contributed by atoms with Crippen LogP contribution in [0.2, 0.25) is 5.02 Å². The van der Waals surface area contributed by atoms with E-state index in [1.54, 1.807) is 30.3 Å². The highest BCUT2D eigenvalue weighted by Gasteiger charge is 2.08. The summed E-state index contributed by atoms with van der Waals surface area (Å²) in [4.78, 5) is 32.5. The molecule has 0 spiro atoms. The number of aromatic nitrogens is 2. The molecule has 0 unspecified atom stereocenters. The number of halogens is 1. The number of thioether (sulfide) groups is 1. The molecule has 2 aromatic carbocycles. The van der Waals surface area contributed by atoms with E-state index in [9.17, 15) is 9.59 Å². The molecule has 0 bridgehead atoms. The number of para-hydroxylation sites is 1. The summed E-state index contributed by atoms with van der Waals surface area (Å²) >= 11 is 7.47. The van der Waals surface area contributed by atoms with Gasteiger partial charge in [0.2, 0.25) is 0 Å². The Bertz CT molecular complexity index is 1140. The zero-order valence-electron chi connectivity index (χ0n) is 18.0. The number of hydrogen-bond acceptors (Lipinski definition) is 7. The average Bonchev–Trinajstić information content (AvgIpc) is 2.77. The average molecular weight is 484 g/mol. The van der Waals surface area contributed by atoms with Crippen LogP contribution in [0.15, 0.2) is 64.9 Å². The molecule has 0 aliphatic heterocycles. The topological polar surface area (TPSA) is 106 Å². The van der Waals surface area contributed by atoms with Crippen molar-refractivity contribution in [3.8, 4) is 5.75 Å². The largest absolute Gasteiger partial charge is 0.482 e. The number of rotatable bonds is 9. The van der Waals surface area contributed by atoms with E-state index in [2.05, 4.69) is 25.8 Å². The number of carbonyl (C=O) groups is 2. The van der Waals surface area contributed by atoms with Crippen molar-refractivity contribution < 1.29 is 14.3 Å². The van der Waals surface area contributed by atoms with Crippen LogP contribution >= 0.6 is 23.4 Å². The number of hydrazone groups is 1. The number of aryl methyl sites for hydroxylation is 2. The molecule has 8 nitrogen and oxygen atoms in total. The van der Waals surface area contributed by atoms with Gasteiger partial charge in [-0.3, -0.25) is 9.59 Å². The van der Waals surface area contributed by atoms with E-state index in [1.807, 2.05) is 38.1 Å². The van der Waals surface area contributed by atoms with Gasteiger partial charge in [0.15, 0.2) is 11.8 Å². The van der Waals surface area contributed by atoms with Crippen molar-refractivity contribution in [1.29, 1.82) is 0 Å². The third-order valence-corrected chi connectivity index (χ3v) is 5.21. The molecule has 0 saturated carbocycles. The molecule has 1 heterocycles. The molecule has 3 aromatic rings. The SMILES string of the molecule is Cc1cc(C)nc(SCC(=O)N/N=C\c2ccc(OCC(=O)Nc3ccccc3)c(Cl)c2)n1. The Balaban J connectivity index is 1.45. The minimum absolute atomic E-state index is 0.138. The monoisotopic (exact) mass is 483 g/mol. The summed E-state index contributed by atoms with van der Waals surface area (Å²) in [7, 11) is 0. The number of hydrogen-bond donors (Lipinski definition) is 2. The molecule has 0 saturated heterocycles. The number of nitrogens with zero attached hydrogens (tertiary/aromatic N) is 3. The second-order valence-corrected chi connectivity index (χ2v) is 8.26. The highest BCUT2D eigenvalue weighted by Crippen LogP contribution is 2.25. The highest BCUT2D eigenvalue weighted by atomic mass is 35.5. The van der Waals surface area contributed by atoms with Gasteiger partial charge in [0.25, 0.3) is 11.8 Å². The highest BCUT2D eigenvalue weighted by molar-refractivity contribution is 7.99. The summed E-state index contributed by atoms with van der Waals surface area (Å²) in [6.45, 7) is 3.58. The van der Waals surface area contributed by atoms with Crippen LogP contribution in [0.4, 0.5) is 5.69 Å². The Morgan fingerprint density at radius 2 is 1.79 bits per heavy atom. The van der Waals surface area contributed by atoms with Crippen LogP contribution in [-0.4, -0.2) is 40.4 Å². The summed E-state index contributed by atoms with van der Waals surface area (Å²) in [6, 6.07) is 15.9. The number of carbonyl (C=O) groups excluding carboxylic acids is 2. The number of ether oxygens (including phenoxy) is 1. The maximum atomic E-state index is 12.0. The van der Waals surface area contributed by atoms with Crippen molar-refractivity contribution in [3.05, 3.63) is 76.6 Å². The van der Waals surface area contributed by atoms with Crippen molar-refractivity contribution in [2.75, 3.05) is 17.7 Å². The maximum absolute atomic E-state index is 12.0. The van der Waals surface area contributed by atoms with Crippen molar-refractivity contribution in [2.45, 2.75) is 19.0 Å². The summed E-state index contributed by atoms with van der Waals surface area (Å²) in [5.41, 5.74) is 5.50. The molecule has 2 N–H and O–H groups in total. The van der Waals surface area contributed by atoms with Crippen molar-refractivity contribution in [3.63, 3.8) is 0 Å². The normalized spacial score (nSPS) is 10.8. The van der Waals surface area contributed by atoms with Gasteiger partial charge in [-0.15, -0.1) is 0 Å². The lowest BCUT2D eigenvalue weighted by molar-refractivity contribution is -0.119. The Morgan fingerprint density at radius 1 is 1.06 bits per heavy atom. The lowest BCUT2D eigenvalue weighted by Crippen LogP contribution is -2.20. The molecule has 170 valence electrons. The van der Waals surface area contributed by atoms with E-state index in [-0.39, 0.29) is 24.2 Å². The van der Waals surface area contributed by atoms with Crippen LogP contribution in [0.3, 0.4) is 0 Å². The smallest absolute Gasteiger partial charge is 0.262 e. The Kier molecular flexibility index (Phi) is 8.79. The molecule has 3 rings (SSSR count). The maximum Gasteiger partial charge on any atom is 0.262 e. The first kappa shape index (κ1) is 24.2. The van der Waals surface area contributed by atoms with Crippen LogP contribution < -0.4 is 15.5 Å². The van der Waals surface area contributed by atoms with Crippen LogP contribution in [-0.2, 0) is 9.59 Å². The van der Waals surface area contributed by atoms with Gasteiger partial charge in [0, 0.05) is 17.1 Å². The van der Waals surface area contributed by atoms with Gasteiger partial charge >= 0.3 is 0 Å². The second-order valence-electron chi connectivity index (χ2n) is 6.91. The number of anilines is 1. The van der Waals surface area contributed by atoms with E-state index in [4.69, 9.17) is 16.3 Å². The van der Waals surface area contributed by atoms with E-state index in [1.165, 1.54) is 18.0 Å². The van der Waals surface area contributed by atoms with Crippen LogP contribution in [0.25, 0.3) is 0 Å². The first-order valence-corrected chi connectivity index (χ1v) is 11.3. The van der Waals surface area contributed by atoms with Crippen LogP contribution in [0.5, 0.6) is 5.75 Å². The molecular weight excluding hydrogens is 462 g/mol. The minimum atomic E-state index is -0.297. The summed E-state index contributed by atoms with van der Waals surface area (Å²) < 4.78 is 5.49. The lowest BCUT2D eigenvalue weighted by Gasteiger charge is -2.09. The van der Waals surface area contributed by atoms with Gasteiger partial charge in [-0.2, -0.15) is 5.10 Å². The van der Waals surface area contributed by atoms with E-state index < -0.39 is 0 Å². The van der Waals surface area contributed by atoms with Crippen LogP contribution in [0, 0.1) is 13.8 Å². The molecule has 0 aliphatic rings. The van der Waals surface area contributed by atoms with Gasteiger partial charge in [0.05, 0.1) is 17.0 Å². The fourth-order valence-electron chi connectivity index (χ4n) is 2.68. The first-order valence-electron chi connectivity index (χ1n) is 9.93. The van der Waals surface area contributed by atoms with Crippen molar-refractivity contribution >= 4 is 47.1 Å². The Labute approximate surface area is 200 Å². The molecule has 0 atom stereocenters. The van der Waals surface area contributed by atoms with Gasteiger partial charge in [-0.25, -0.2) is 15.4 Å². The number of nitrogens with one attached hydrogen (secondary N) is 2. The predicted octanol–water partition coefficient (Wildman–Crippen LogP) is 4.01. The van der Waals surface area contributed by atoms with Gasteiger partial charge < -0.3 is 10.1 Å². The molecule has 2 amide bonds. The fraction of sp³-hybridized carbons (Fsp3) is 0.174. The van der Waals surface area contributed by atoms with E-state index in [0.717, 1.165) is 11.4 Å². The summed E-state index contributed by atoms with van der Waals surface area (Å²) in [5, 5.41) is 7.54. The third-order valence-electron chi connectivity index (χ3n) is 4.07. The Hall–Kier alpha value is -3.43. The molecule has 10 heteroatoms. The molecule has 0 fully saturated rings. The molecule has 0 aliphatic carbocycles. The zero-order chi connectivity index (χ0) is 23.6. The second kappa shape index (κ2) is 12.0. The van der Waals surface area contributed by atoms with Gasteiger partial charge in [0.1, 0.15) is 5.75 Å². The fourth-order valence-corrected chi connectivity index (χ4v) is 3.66. The van der Waals surface area contributed by atoms with Gasteiger partial charge in [-0.05, 0) is 55.8 Å². The quantitative estimate of drug-likeness (QED) is 0.206. The Morgan fingerprint density at radius 3 is 2.48 bits per heavy atom. The number of benzene rings is 2. The molecular formula is C23H22ClN5O3S. The van der Waals surface area contributed by atoms with Crippen molar-refractivity contribution in [2.24, 2.45) is 5.10 Å². The zero-order valence-corrected chi connectivity index (χ0v) is 19.6.